The summed E-state index contributed by atoms with van der Waals surface area (Å²) in [5.74, 6) is 2.28. The summed E-state index contributed by atoms with van der Waals surface area (Å²) in [4.78, 5) is 9.24. The summed E-state index contributed by atoms with van der Waals surface area (Å²) in [5, 5.41) is 17.9. The molecule has 132 valence electrons. The van der Waals surface area contributed by atoms with Gasteiger partial charge in [-0.2, -0.15) is 0 Å². The standard InChI is InChI=1S/C16H27N7S/c1-5-14-22-20-11-23(14)8-7-18-16(17-6-2)19-9-13-10-24-15(21-13)12(3)4/h10-12H,5-9H2,1-4H3,(H2,17,18,19). The third-order valence-corrected chi connectivity index (χ3v) is 4.66. The SMILES string of the molecule is CCNC(=NCc1csc(C(C)C)n1)NCCn1cnnc1CC. The first-order chi connectivity index (χ1) is 11.6. The van der Waals surface area contributed by atoms with Crippen molar-refractivity contribution in [1.29, 1.82) is 0 Å². The van der Waals surface area contributed by atoms with Gasteiger partial charge in [0.1, 0.15) is 12.2 Å². The van der Waals surface area contributed by atoms with Gasteiger partial charge in [-0.25, -0.2) is 9.98 Å². The second-order valence-electron chi connectivity index (χ2n) is 5.75. The van der Waals surface area contributed by atoms with E-state index in [9.17, 15) is 0 Å². The molecule has 7 nitrogen and oxygen atoms in total. The Morgan fingerprint density at radius 1 is 1.33 bits per heavy atom. The van der Waals surface area contributed by atoms with Crippen molar-refractivity contribution in [3.63, 3.8) is 0 Å². The van der Waals surface area contributed by atoms with Crippen LogP contribution in [0.25, 0.3) is 0 Å². The first-order valence-corrected chi connectivity index (χ1v) is 9.35. The molecule has 0 spiro atoms. The molecular formula is C16H27N7S. The van der Waals surface area contributed by atoms with Gasteiger partial charge >= 0.3 is 0 Å². The van der Waals surface area contributed by atoms with Gasteiger partial charge in [0.25, 0.3) is 0 Å². The van der Waals surface area contributed by atoms with E-state index in [1.165, 1.54) is 0 Å². The summed E-state index contributed by atoms with van der Waals surface area (Å²) < 4.78 is 2.06. The molecule has 2 N–H and O–H groups in total. The van der Waals surface area contributed by atoms with Crippen molar-refractivity contribution in [3.8, 4) is 0 Å². The topological polar surface area (TPSA) is 80.0 Å². The van der Waals surface area contributed by atoms with E-state index in [0.717, 1.165) is 48.5 Å². The van der Waals surface area contributed by atoms with Crippen LogP contribution in [0, 0.1) is 0 Å². The van der Waals surface area contributed by atoms with Gasteiger partial charge in [-0.1, -0.05) is 20.8 Å². The van der Waals surface area contributed by atoms with Crippen LogP contribution in [0.1, 0.15) is 50.1 Å². The van der Waals surface area contributed by atoms with E-state index in [4.69, 9.17) is 0 Å². The van der Waals surface area contributed by atoms with Gasteiger partial charge in [-0.3, -0.25) is 0 Å². The molecule has 2 aromatic rings. The van der Waals surface area contributed by atoms with Gasteiger partial charge < -0.3 is 15.2 Å². The summed E-state index contributed by atoms with van der Waals surface area (Å²) in [6, 6.07) is 0. The lowest BCUT2D eigenvalue weighted by molar-refractivity contribution is 0.632. The minimum absolute atomic E-state index is 0.468. The van der Waals surface area contributed by atoms with Gasteiger partial charge in [0, 0.05) is 37.4 Å². The van der Waals surface area contributed by atoms with Crippen molar-refractivity contribution in [2.24, 2.45) is 4.99 Å². The van der Waals surface area contributed by atoms with Crippen molar-refractivity contribution in [1.82, 2.24) is 30.4 Å². The zero-order chi connectivity index (χ0) is 17.4. The van der Waals surface area contributed by atoms with Crippen LogP contribution in [-0.2, 0) is 19.5 Å². The molecule has 0 bridgehead atoms. The summed E-state index contributed by atoms with van der Waals surface area (Å²) in [6.07, 6.45) is 2.66. The van der Waals surface area contributed by atoms with Crippen molar-refractivity contribution in [2.45, 2.75) is 53.1 Å². The molecule has 0 aromatic carbocycles. The number of hydrogen-bond donors (Lipinski definition) is 2. The van der Waals surface area contributed by atoms with Crippen LogP contribution in [0.3, 0.4) is 0 Å². The van der Waals surface area contributed by atoms with Crippen LogP contribution >= 0.6 is 11.3 Å². The van der Waals surface area contributed by atoms with Gasteiger partial charge in [0.05, 0.1) is 17.2 Å². The third kappa shape index (κ3) is 5.30. The molecule has 0 saturated carbocycles. The number of nitrogens with one attached hydrogen (secondary N) is 2. The van der Waals surface area contributed by atoms with E-state index >= 15 is 0 Å². The second kappa shape index (κ2) is 9.36. The molecule has 0 aliphatic carbocycles. The highest BCUT2D eigenvalue weighted by Gasteiger charge is 2.06. The number of aryl methyl sites for hydroxylation is 1. The largest absolute Gasteiger partial charge is 0.357 e. The van der Waals surface area contributed by atoms with E-state index in [1.54, 1.807) is 17.7 Å². The third-order valence-electron chi connectivity index (χ3n) is 3.46. The zero-order valence-electron chi connectivity index (χ0n) is 14.9. The molecule has 0 aliphatic rings. The molecule has 8 heteroatoms. The van der Waals surface area contributed by atoms with E-state index < -0.39 is 0 Å². The molecular weight excluding hydrogens is 322 g/mol. The van der Waals surface area contributed by atoms with Gasteiger partial charge in [-0.05, 0) is 6.92 Å². The number of rotatable bonds is 8. The zero-order valence-corrected chi connectivity index (χ0v) is 15.7. The van der Waals surface area contributed by atoms with Crippen molar-refractivity contribution >= 4 is 17.3 Å². The van der Waals surface area contributed by atoms with E-state index in [1.807, 2.05) is 0 Å². The maximum absolute atomic E-state index is 4.62. The average molecular weight is 350 g/mol. The highest BCUT2D eigenvalue weighted by atomic mass is 32.1. The lowest BCUT2D eigenvalue weighted by atomic mass is 10.2. The number of aliphatic imine (C=N–C) groups is 1. The Hall–Kier alpha value is -1.96. The van der Waals surface area contributed by atoms with Crippen LogP contribution in [0.4, 0.5) is 0 Å². The van der Waals surface area contributed by atoms with Crippen LogP contribution in [-0.4, -0.2) is 38.8 Å². The van der Waals surface area contributed by atoms with E-state index in [2.05, 4.69) is 68.4 Å². The Morgan fingerprint density at radius 2 is 2.17 bits per heavy atom. The predicted octanol–water partition coefficient (Wildman–Crippen LogP) is 2.18. The fraction of sp³-hybridized carbons (Fsp3) is 0.625. The number of nitrogens with zero attached hydrogens (tertiary/aromatic N) is 5. The van der Waals surface area contributed by atoms with E-state index in [-0.39, 0.29) is 0 Å². The quantitative estimate of drug-likeness (QED) is 0.564. The van der Waals surface area contributed by atoms with Crippen LogP contribution in [0.15, 0.2) is 16.7 Å². The molecule has 0 aliphatic heterocycles. The molecule has 0 unspecified atom stereocenters. The van der Waals surface area contributed by atoms with Gasteiger partial charge in [0.15, 0.2) is 5.96 Å². The molecule has 0 amide bonds. The number of hydrogen-bond acceptors (Lipinski definition) is 5. The van der Waals surface area contributed by atoms with Crippen LogP contribution < -0.4 is 10.6 Å². The summed E-state index contributed by atoms with van der Waals surface area (Å²) >= 11 is 1.70. The second-order valence-corrected chi connectivity index (χ2v) is 6.64. The summed E-state index contributed by atoms with van der Waals surface area (Å²) in [7, 11) is 0. The maximum atomic E-state index is 4.62. The molecule has 0 saturated heterocycles. The Kier molecular flexibility index (Phi) is 7.17. The minimum Gasteiger partial charge on any atom is -0.357 e. The molecule has 0 radical (unpaired) electrons. The molecule has 24 heavy (non-hydrogen) atoms. The smallest absolute Gasteiger partial charge is 0.191 e. The van der Waals surface area contributed by atoms with Gasteiger partial charge in [0.2, 0.25) is 0 Å². The Morgan fingerprint density at radius 3 is 2.83 bits per heavy atom. The molecule has 2 heterocycles. The lowest BCUT2D eigenvalue weighted by Crippen LogP contribution is -2.38. The average Bonchev–Trinajstić information content (AvgIpc) is 3.21. The van der Waals surface area contributed by atoms with Crippen LogP contribution in [0.2, 0.25) is 0 Å². The Bertz CT molecular complexity index is 644. The molecule has 0 fully saturated rings. The number of aromatic nitrogens is 4. The predicted molar refractivity (Wildman–Crippen MR) is 98.4 cm³/mol. The molecule has 2 rings (SSSR count). The van der Waals surface area contributed by atoms with Crippen molar-refractivity contribution in [3.05, 3.63) is 28.2 Å². The van der Waals surface area contributed by atoms with Crippen LogP contribution in [0.5, 0.6) is 0 Å². The molecule has 2 aromatic heterocycles. The monoisotopic (exact) mass is 349 g/mol. The summed E-state index contributed by atoms with van der Waals surface area (Å²) in [6.45, 7) is 11.5. The lowest BCUT2D eigenvalue weighted by Gasteiger charge is -2.12. The van der Waals surface area contributed by atoms with E-state index in [0.29, 0.717) is 12.5 Å². The maximum Gasteiger partial charge on any atom is 0.191 e. The fourth-order valence-corrected chi connectivity index (χ4v) is 3.02. The molecule has 0 atom stereocenters. The number of guanidine groups is 1. The first kappa shape index (κ1) is 18.4. The summed E-state index contributed by atoms with van der Waals surface area (Å²) in [5.41, 5.74) is 1.02. The fourth-order valence-electron chi connectivity index (χ4n) is 2.20. The van der Waals surface area contributed by atoms with Crippen molar-refractivity contribution < 1.29 is 0 Å². The normalized spacial score (nSPS) is 12.0. The highest BCUT2D eigenvalue weighted by molar-refractivity contribution is 7.09. The Balaban J connectivity index is 1.88. The number of thiazole rings is 1. The first-order valence-electron chi connectivity index (χ1n) is 8.47. The van der Waals surface area contributed by atoms with Gasteiger partial charge in [-0.15, -0.1) is 21.5 Å². The Labute approximate surface area is 147 Å². The minimum atomic E-state index is 0.468. The van der Waals surface area contributed by atoms with Crippen molar-refractivity contribution in [2.75, 3.05) is 13.1 Å². The highest BCUT2D eigenvalue weighted by Crippen LogP contribution is 2.19.